The van der Waals surface area contributed by atoms with E-state index in [9.17, 15) is 18.0 Å². The van der Waals surface area contributed by atoms with E-state index in [0.29, 0.717) is 17.9 Å². The molecule has 3 rings (SSSR count). The fraction of sp³-hybridized carbons (Fsp3) is 0.208. The number of hydrogen-bond donors (Lipinski definition) is 0. The molecule has 1 atom stereocenters. The van der Waals surface area contributed by atoms with E-state index in [1.54, 1.807) is 31.2 Å². The van der Waals surface area contributed by atoms with Gasteiger partial charge in [0, 0.05) is 0 Å². The zero-order valence-electron chi connectivity index (χ0n) is 17.2. The van der Waals surface area contributed by atoms with Crippen molar-refractivity contribution in [3.8, 4) is 23.0 Å². The van der Waals surface area contributed by atoms with Crippen molar-refractivity contribution >= 4 is 5.97 Å². The quantitative estimate of drug-likeness (QED) is 0.362. The van der Waals surface area contributed by atoms with Gasteiger partial charge in [0.1, 0.15) is 29.6 Å². The second-order valence-corrected chi connectivity index (χ2v) is 6.70. The zero-order valence-corrected chi connectivity index (χ0v) is 17.2. The maximum Gasteiger partial charge on any atom is 0.573 e. The summed E-state index contributed by atoms with van der Waals surface area (Å²) in [5.41, 5.74) is 0.732. The summed E-state index contributed by atoms with van der Waals surface area (Å²) >= 11 is 0. The number of halogens is 3. The highest BCUT2D eigenvalue weighted by atomic mass is 19.4. The van der Waals surface area contributed by atoms with Crippen LogP contribution in [0.15, 0.2) is 78.9 Å². The first kappa shape index (κ1) is 23.0. The normalized spacial score (nSPS) is 12.0. The maximum absolute atomic E-state index is 12.4. The van der Waals surface area contributed by atoms with Gasteiger partial charge >= 0.3 is 12.3 Å². The third kappa shape index (κ3) is 7.23. The molecule has 0 spiro atoms. The number of esters is 1. The summed E-state index contributed by atoms with van der Waals surface area (Å²) in [6.45, 7) is 1.75. The van der Waals surface area contributed by atoms with Crippen LogP contribution in [-0.2, 0) is 16.1 Å². The Hall–Kier alpha value is -3.68. The van der Waals surface area contributed by atoms with E-state index in [2.05, 4.69) is 4.74 Å². The predicted molar refractivity (Wildman–Crippen MR) is 111 cm³/mol. The molecule has 0 saturated heterocycles. The minimum atomic E-state index is -4.78. The molecular weight excluding hydrogens is 425 g/mol. The zero-order chi connectivity index (χ0) is 23.0. The van der Waals surface area contributed by atoms with Crippen molar-refractivity contribution in [2.75, 3.05) is 0 Å². The first-order valence-electron chi connectivity index (χ1n) is 9.83. The molecule has 0 heterocycles. The van der Waals surface area contributed by atoms with E-state index < -0.39 is 18.4 Å². The van der Waals surface area contributed by atoms with Crippen molar-refractivity contribution in [3.63, 3.8) is 0 Å². The second kappa shape index (κ2) is 10.6. The molecule has 8 heteroatoms. The Kier molecular flexibility index (Phi) is 7.59. The molecule has 0 amide bonds. The minimum absolute atomic E-state index is 0.0169. The molecule has 0 saturated carbocycles. The number of carbonyl (C=O) groups is 1. The van der Waals surface area contributed by atoms with Gasteiger partial charge in [-0.15, -0.1) is 13.2 Å². The predicted octanol–water partition coefficient (Wildman–Crippen LogP) is 6.28. The summed E-state index contributed by atoms with van der Waals surface area (Å²) in [5, 5.41) is 0. The van der Waals surface area contributed by atoms with Crippen LogP contribution >= 0.6 is 0 Å². The molecular formula is C24H21F3O5. The molecule has 0 bridgehead atoms. The summed E-state index contributed by atoms with van der Waals surface area (Å²) in [7, 11) is 0. The standard InChI is InChI=1S/C24H21F3O5/c1-2-22(31-19-11-13-20(14-12-19)32-24(25,26)27)23(28)29-16-17-7-6-10-21(15-17)30-18-8-4-3-5-9-18/h3-15,22H,2,16H2,1H3. The van der Waals surface area contributed by atoms with Gasteiger partial charge in [0.25, 0.3) is 0 Å². The molecule has 32 heavy (non-hydrogen) atoms. The Bertz CT molecular complexity index is 1000. The average Bonchev–Trinajstić information content (AvgIpc) is 2.77. The molecule has 0 aromatic heterocycles. The minimum Gasteiger partial charge on any atom is -0.479 e. The Morgan fingerprint density at radius 2 is 1.50 bits per heavy atom. The number of alkyl halides is 3. The van der Waals surface area contributed by atoms with Crippen LogP contribution in [0.1, 0.15) is 18.9 Å². The fourth-order valence-electron chi connectivity index (χ4n) is 2.75. The third-order valence-corrected chi connectivity index (χ3v) is 4.23. The molecule has 5 nitrogen and oxygen atoms in total. The van der Waals surface area contributed by atoms with Crippen LogP contribution in [0, 0.1) is 0 Å². The van der Waals surface area contributed by atoms with Crippen molar-refractivity contribution in [2.24, 2.45) is 0 Å². The second-order valence-electron chi connectivity index (χ2n) is 6.70. The molecule has 0 fully saturated rings. The van der Waals surface area contributed by atoms with Crippen molar-refractivity contribution < 1.29 is 36.9 Å². The van der Waals surface area contributed by atoms with E-state index in [1.807, 2.05) is 30.3 Å². The number of ether oxygens (including phenoxy) is 4. The van der Waals surface area contributed by atoms with Crippen molar-refractivity contribution in [1.82, 2.24) is 0 Å². The largest absolute Gasteiger partial charge is 0.573 e. The smallest absolute Gasteiger partial charge is 0.479 e. The number of carbonyl (C=O) groups excluding carboxylic acids is 1. The molecule has 168 valence electrons. The first-order valence-corrected chi connectivity index (χ1v) is 9.83. The average molecular weight is 446 g/mol. The molecule has 0 aliphatic carbocycles. The molecule has 0 N–H and O–H groups in total. The topological polar surface area (TPSA) is 54.0 Å². The molecule has 3 aromatic carbocycles. The van der Waals surface area contributed by atoms with E-state index in [0.717, 1.165) is 17.7 Å². The summed E-state index contributed by atoms with van der Waals surface area (Å²) in [4.78, 5) is 12.4. The number of benzene rings is 3. The summed E-state index contributed by atoms with van der Waals surface area (Å²) in [6, 6.07) is 21.2. The Morgan fingerprint density at radius 1 is 0.844 bits per heavy atom. The lowest BCUT2D eigenvalue weighted by Crippen LogP contribution is -2.28. The van der Waals surface area contributed by atoms with E-state index >= 15 is 0 Å². The van der Waals surface area contributed by atoms with Gasteiger partial charge in [0.05, 0.1) is 0 Å². The van der Waals surface area contributed by atoms with Gasteiger partial charge in [-0.05, 0) is 60.5 Å². The van der Waals surface area contributed by atoms with Crippen molar-refractivity contribution in [2.45, 2.75) is 32.4 Å². The van der Waals surface area contributed by atoms with Crippen LogP contribution in [0.5, 0.6) is 23.0 Å². The highest BCUT2D eigenvalue weighted by molar-refractivity contribution is 5.75. The molecule has 0 aliphatic heterocycles. The van der Waals surface area contributed by atoms with Crippen molar-refractivity contribution in [3.05, 3.63) is 84.4 Å². The van der Waals surface area contributed by atoms with E-state index in [1.165, 1.54) is 12.1 Å². The van der Waals surface area contributed by atoms with Gasteiger partial charge in [-0.1, -0.05) is 37.3 Å². The molecule has 0 radical (unpaired) electrons. The summed E-state index contributed by atoms with van der Waals surface area (Å²) < 4.78 is 57.2. The fourth-order valence-corrected chi connectivity index (χ4v) is 2.75. The van der Waals surface area contributed by atoms with Crippen LogP contribution in [0.4, 0.5) is 13.2 Å². The molecule has 0 aliphatic rings. The number of hydrogen-bond acceptors (Lipinski definition) is 5. The first-order chi connectivity index (χ1) is 15.3. The van der Waals surface area contributed by atoms with Crippen LogP contribution in [0.2, 0.25) is 0 Å². The lowest BCUT2D eigenvalue weighted by atomic mass is 10.2. The lowest BCUT2D eigenvalue weighted by molar-refractivity contribution is -0.274. The van der Waals surface area contributed by atoms with Gasteiger partial charge in [-0.2, -0.15) is 0 Å². The SMILES string of the molecule is CCC(Oc1ccc(OC(F)(F)F)cc1)C(=O)OCc1cccc(Oc2ccccc2)c1. The Morgan fingerprint density at radius 3 is 2.16 bits per heavy atom. The molecule has 1 unspecified atom stereocenters. The van der Waals surface area contributed by atoms with E-state index in [-0.39, 0.29) is 18.1 Å². The Balaban J connectivity index is 1.54. The highest BCUT2D eigenvalue weighted by Gasteiger charge is 2.31. The summed E-state index contributed by atoms with van der Waals surface area (Å²) in [6.07, 6.45) is -5.37. The summed E-state index contributed by atoms with van der Waals surface area (Å²) in [5.74, 6) is 0.555. The maximum atomic E-state index is 12.4. The van der Waals surface area contributed by atoms with Crippen LogP contribution < -0.4 is 14.2 Å². The Labute approximate surface area is 183 Å². The van der Waals surface area contributed by atoms with Crippen LogP contribution in [0.25, 0.3) is 0 Å². The lowest BCUT2D eigenvalue weighted by Gasteiger charge is -2.17. The molecule has 3 aromatic rings. The van der Waals surface area contributed by atoms with Gasteiger partial charge in [-0.3, -0.25) is 0 Å². The van der Waals surface area contributed by atoms with Gasteiger partial charge < -0.3 is 18.9 Å². The number of para-hydroxylation sites is 1. The van der Waals surface area contributed by atoms with Gasteiger partial charge in [0.15, 0.2) is 6.10 Å². The van der Waals surface area contributed by atoms with Crippen molar-refractivity contribution in [1.29, 1.82) is 0 Å². The third-order valence-electron chi connectivity index (χ3n) is 4.23. The van der Waals surface area contributed by atoms with Gasteiger partial charge in [0.2, 0.25) is 0 Å². The number of rotatable bonds is 9. The van der Waals surface area contributed by atoms with E-state index in [4.69, 9.17) is 14.2 Å². The van der Waals surface area contributed by atoms with Gasteiger partial charge in [-0.25, -0.2) is 4.79 Å². The monoisotopic (exact) mass is 446 g/mol. The highest BCUT2D eigenvalue weighted by Crippen LogP contribution is 2.26. The van der Waals surface area contributed by atoms with Crippen LogP contribution in [0.3, 0.4) is 0 Å². The van der Waals surface area contributed by atoms with Crippen LogP contribution in [-0.4, -0.2) is 18.4 Å².